The zero-order chi connectivity index (χ0) is 16.4. The van der Waals surface area contributed by atoms with Crippen LogP contribution in [0.25, 0.3) is 0 Å². The molecule has 1 fully saturated rings. The third-order valence-corrected chi connectivity index (χ3v) is 6.13. The average molecular weight is 344 g/mol. The lowest BCUT2D eigenvalue weighted by molar-refractivity contribution is 0.0980. The second kappa shape index (κ2) is 6.83. The van der Waals surface area contributed by atoms with E-state index in [9.17, 15) is 17.2 Å². The molecule has 0 radical (unpaired) electrons. The summed E-state index contributed by atoms with van der Waals surface area (Å²) >= 11 is 0. The number of nitrogens with one attached hydrogen (secondary N) is 1. The molecule has 2 aliphatic rings. The van der Waals surface area contributed by atoms with Gasteiger partial charge in [0.1, 0.15) is 0 Å². The van der Waals surface area contributed by atoms with Crippen LogP contribution < -0.4 is 4.72 Å². The summed E-state index contributed by atoms with van der Waals surface area (Å²) in [5.41, 5.74) is 2.36. The Morgan fingerprint density at radius 1 is 1.26 bits per heavy atom. The SMILES string of the molecule is O=S(=O)(NCC1CCN(CC(F)F)C1)c1ccc2c(c1)CCC2. The summed E-state index contributed by atoms with van der Waals surface area (Å²) in [5.74, 6) is 0.0953. The lowest BCUT2D eigenvalue weighted by atomic mass is 10.1. The van der Waals surface area contributed by atoms with Crippen molar-refractivity contribution in [3.63, 3.8) is 0 Å². The van der Waals surface area contributed by atoms with E-state index < -0.39 is 16.4 Å². The first-order chi connectivity index (χ1) is 10.9. The predicted molar refractivity (Wildman–Crippen MR) is 84.2 cm³/mol. The molecule has 0 saturated carbocycles. The van der Waals surface area contributed by atoms with Crippen LogP contribution in [0.5, 0.6) is 0 Å². The summed E-state index contributed by atoms with van der Waals surface area (Å²) in [6, 6.07) is 5.32. The Morgan fingerprint density at radius 3 is 2.83 bits per heavy atom. The molecule has 0 amide bonds. The quantitative estimate of drug-likeness (QED) is 0.859. The predicted octanol–water partition coefficient (Wildman–Crippen LogP) is 2.04. The molecule has 1 aliphatic heterocycles. The summed E-state index contributed by atoms with van der Waals surface area (Å²) in [5, 5.41) is 0. The number of hydrogen-bond acceptors (Lipinski definition) is 3. The molecule has 0 spiro atoms. The molecule has 0 bridgehead atoms. The molecule has 1 heterocycles. The Kier molecular flexibility index (Phi) is 4.98. The van der Waals surface area contributed by atoms with E-state index in [0.29, 0.717) is 24.5 Å². The minimum Gasteiger partial charge on any atom is -0.297 e. The first-order valence-corrected chi connectivity index (χ1v) is 9.54. The van der Waals surface area contributed by atoms with Gasteiger partial charge in [-0.2, -0.15) is 0 Å². The van der Waals surface area contributed by atoms with Crippen LogP contribution in [0.1, 0.15) is 24.0 Å². The number of aryl methyl sites for hydroxylation is 2. The summed E-state index contributed by atoms with van der Waals surface area (Å²) < 4.78 is 52.2. The lowest BCUT2D eigenvalue weighted by Crippen LogP contribution is -2.32. The van der Waals surface area contributed by atoms with Gasteiger partial charge in [0.25, 0.3) is 6.43 Å². The van der Waals surface area contributed by atoms with Gasteiger partial charge in [-0.25, -0.2) is 21.9 Å². The molecule has 23 heavy (non-hydrogen) atoms. The molecule has 1 aromatic carbocycles. The smallest absolute Gasteiger partial charge is 0.251 e. The van der Waals surface area contributed by atoms with Gasteiger partial charge in [0.2, 0.25) is 10.0 Å². The topological polar surface area (TPSA) is 49.4 Å². The monoisotopic (exact) mass is 344 g/mol. The minimum absolute atomic E-state index is 0.0953. The van der Waals surface area contributed by atoms with Gasteiger partial charge < -0.3 is 0 Å². The van der Waals surface area contributed by atoms with Gasteiger partial charge in [-0.1, -0.05) is 6.07 Å². The van der Waals surface area contributed by atoms with Crippen molar-refractivity contribution in [2.45, 2.75) is 37.0 Å². The molecule has 0 aromatic heterocycles. The maximum absolute atomic E-state index is 12.4. The van der Waals surface area contributed by atoms with Crippen molar-refractivity contribution in [3.8, 4) is 0 Å². The van der Waals surface area contributed by atoms with Crippen LogP contribution >= 0.6 is 0 Å². The van der Waals surface area contributed by atoms with E-state index in [0.717, 1.165) is 31.2 Å². The van der Waals surface area contributed by atoms with E-state index in [4.69, 9.17) is 0 Å². The van der Waals surface area contributed by atoms with Crippen LogP contribution in [0.15, 0.2) is 23.1 Å². The fourth-order valence-corrected chi connectivity index (χ4v) is 4.63. The van der Waals surface area contributed by atoms with E-state index in [-0.39, 0.29) is 12.5 Å². The number of rotatable bonds is 6. The highest BCUT2D eigenvalue weighted by molar-refractivity contribution is 7.89. The second-order valence-electron chi connectivity index (χ2n) is 6.44. The van der Waals surface area contributed by atoms with Gasteiger partial charge in [-0.15, -0.1) is 0 Å². The van der Waals surface area contributed by atoms with E-state index in [1.54, 1.807) is 17.0 Å². The lowest BCUT2D eigenvalue weighted by Gasteiger charge is -2.15. The van der Waals surface area contributed by atoms with Crippen LogP contribution in [-0.4, -0.2) is 45.9 Å². The normalized spacial score (nSPS) is 22.0. The number of halogens is 2. The molecule has 4 nitrogen and oxygen atoms in total. The summed E-state index contributed by atoms with van der Waals surface area (Å²) in [4.78, 5) is 2.00. The first-order valence-electron chi connectivity index (χ1n) is 8.06. The number of likely N-dealkylation sites (tertiary alicyclic amines) is 1. The molecular formula is C16H22F2N2O2S. The van der Waals surface area contributed by atoms with Crippen molar-refractivity contribution in [2.24, 2.45) is 5.92 Å². The van der Waals surface area contributed by atoms with Crippen LogP contribution in [0.3, 0.4) is 0 Å². The standard InChI is InChI=1S/C16H22F2N2O2S/c17-16(18)11-20-7-6-12(10-20)9-19-23(21,22)15-5-4-13-2-1-3-14(13)8-15/h4-5,8,12,16,19H,1-3,6-7,9-11H2. The fourth-order valence-electron chi connectivity index (χ4n) is 3.47. The van der Waals surface area contributed by atoms with E-state index >= 15 is 0 Å². The summed E-state index contributed by atoms with van der Waals surface area (Å²) in [7, 11) is -3.53. The Balaban J connectivity index is 1.57. The largest absolute Gasteiger partial charge is 0.297 e. The third-order valence-electron chi connectivity index (χ3n) is 4.71. The van der Waals surface area contributed by atoms with Crippen molar-refractivity contribution in [2.75, 3.05) is 26.2 Å². The summed E-state index contributed by atoms with van der Waals surface area (Å²) in [6.07, 6.45) is 1.44. The van der Waals surface area contributed by atoms with E-state index in [1.165, 1.54) is 5.56 Å². The third kappa shape index (κ3) is 4.08. The van der Waals surface area contributed by atoms with Crippen molar-refractivity contribution >= 4 is 10.0 Å². The fraction of sp³-hybridized carbons (Fsp3) is 0.625. The van der Waals surface area contributed by atoms with Crippen molar-refractivity contribution in [1.82, 2.24) is 9.62 Å². The maximum atomic E-state index is 12.4. The Bertz CT molecular complexity index is 664. The Labute approximate surface area is 135 Å². The molecular weight excluding hydrogens is 322 g/mol. The highest BCUT2D eigenvalue weighted by atomic mass is 32.2. The van der Waals surface area contributed by atoms with Crippen molar-refractivity contribution in [1.29, 1.82) is 0 Å². The van der Waals surface area contributed by atoms with Gasteiger partial charge in [0.05, 0.1) is 11.4 Å². The van der Waals surface area contributed by atoms with Crippen molar-refractivity contribution in [3.05, 3.63) is 29.3 Å². The molecule has 7 heteroatoms. The number of fused-ring (bicyclic) bond motifs is 1. The second-order valence-corrected chi connectivity index (χ2v) is 8.21. The highest BCUT2D eigenvalue weighted by Crippen LogP contribution is 2.25. The van der Waals surface area contributed by atoms with Crippen LogP contribution in [0.4, 0.5) is 8.78 Å². The molecule has 3 rings (SSSR count). The van der Waals surface area contributed by atoms with Gasteiger partial charge in [0, 0.05) is 13.1 Å². The molecule has 1 atom stereocenters. The van der Waals surface area contributed by atoms with Crippen LogP contribution in [0.2, 0.25) is 0 Å². The molecule has 128 valence electrons. The first kappa shape index (κ1) is 16.8. The maximum Gasteiger partial charge on any atom is 0.251 e. The number of alkyl halides is 2. The number of hydrogen-bond donors (Lipinski definition) is 1. The van der Waals surface area contributed by atoms with Crippen LogP contribution in [0, 0.1) is 5.92 Å². The Morgan fingerprint density at radius 2 is 2.04 bits per heavy atom. The average Bonchev–Trinajstić information content (AvgIpc) is 3.12. The van der Waals surface area contributed by atoms with Gasteiger partial charge >= 0.3 is 0 Å². The highest BCUT2D eigenvalue weighted by Gasteiger charge is 2.26. The molecule has 1 unspecified atom stereocenters. The zero-order valence-electron chi connectivity index (χ0n) is 13.0. The van der Waals surface area contributed by atoms with Gasteiger partial charge in [-0.3, -0.25) is 4.90 Å². The molecule has 1 aromatic rings. The zero-order valence-corrected chi connectivity index (χ0v) is 13.8. The minimum atomic E-state index is -3.53. The summed E-state index contributed by atoms with van der Waals surface area (Å²) in [6.45, 7) is 1.21. The van der Waals surface area contributed by atoms with Gasteiger partial charge in [0.15, 0.2) is 0 Å². The molecule has 1 N–H and O–H groups in total. The van der Waals surface area contributed by atoms with E-state index in [1.807, 2.05) is 6.07 Å². The number of nitrogens with zero attached hydrogens (tertiary/aromatic N) is 1. The van der Waals surface area contributed by atoms with Crippen molar-refractivity contribution < 1.29 is 17.2 Å². The molecule has 1 aliphatic carbocycles. The van der Waals surface area contributed by atoms with Gasteiger partial charge in [-0.05, 0) is 61.4 Å². The number of sulfonamides is 1. The number of benzene rings is 1. The van der Waals surface area contributed by atoms with E-state index in [2.05, 4.69) is 4.72 Å². The Hall–Kier alpha value is -1.05. The van der Waals surface area contributed by atoms with Crippen LogP contribution in [-0.2, 0) is 22.9 Å². The molecule has 1 saturated heterocycles.